The van der Waals surface area contributed by atoms with Gasteiger partial charge in [-0.25, -0.2) is 14.4 Å². The number of rotatable bonds is 7. The van der Waals surface area contributed by atoms with E-state index in [-0.39, 0.29) is 35.5 Å². The molecule has 0 unspecified atom stereocenters. The number of fused-ring (bicyclic) bond motifs is 3. The van der Waals surface area contributed by atoms with Gasteiger partial charge in [-0.2, -0.15) is 0 Å². The van der Waals surface area contributed by atoms with Gasteiger partial charge in [-0.05, 0) is 88.1 Å². The van der Waals surface area contributed by atoms with Gasteiger partial charge in [-0.3, -0.25) is 19.5 Å². The van der Waals surface area contributed by atoms with Gasteiger partial charge in [-0.15, -0.1) is 0 Å². The van der Waals surface area contributed by atoms with Crippen molar-refractivity contribution in [1.82, 2.24) is 29.3 Å². The van der Waals surface area contributed by atoms with Crippen molar-refractivity contribution < 1.29 is 18.7 Å². The molecule has 11 nitrogen and oxygen atoms in total. The van der Waals surface area contributed by atoms with E-state index >= 15 is 0 Å². The molecular weight excluding hydrogens is 672 g/mol. The number of anilines is 3. The Labute approximate surface area is 309 Å². The smallest absolute Gasteiger partial charge is 0.238 e. The Hall–Kier alpha value is -4.42. The number of likely N-dealkylation sites (tertiary alicyclic amines) is 2. The van der Waals surface area contributed by atoms with Gasteiger partial charge in [0.1, 0.15) is 5.52 Å². The number of hydrogen-bond donors (Lipinski definition) is 1. The molecule has 278 valence electrons. The van der Waals surface area contributed by atoms with Crippen molar-refractivity contribution >= 4 is 40.0 Å². The van der Waals surface area contributed by atoms with Crippen LogP contribution in [0.1, 0.15) is 77.8 Å². The number of pyridine rings is 2. The summed E-state index contributed by atoms with van der Waals surface area (Å²) in [6, 6.07) is 10.6. The van der Waals surface area contributed by atoms with Crippen LogP contribution in [0.5, 0.6) is 0 Å². The van der Waals surface area contributed by atoms with E-state index < -0.39 is 11.2 Å². The maximum atomic E-state index is 14.9. The van der Waals surface area contributed by atoms with Gasteiger partial charge in [0.25, 0.3) is 0 Å². The molecule has 12 heteroatoms. The second-order valence-electron chi connectivity index (χ2n) is 17.0. The Morgan fingerprint density at radius 2 is 1.87 bits per heavy atom. The van der Waals surface area contributed by atoms with E-state index in [1.807, 2.05) is 15.5 Å². The van der Waals surface area contributed by atoms with Crippen molar-refractivity contribution in [3.8, 4) is 11.3 Å². The number of benzene rings is 1. The molecule has 4 fully saturated rings. The second-order valence-corrected chi connectivity index (χ2v) is 17.0. The summed E-state index contributed by atoms with van der Waals surface area (Å²) in [5.74, 6) is 0.270. The fraction of sp³-hybridized carbons (Fsp3) is 0.537. The first-order valence-electron chi connectivity index (χ1n) is 19.3. The first-order chi connectivity index (χ1) is 25.5. The van der Waals surface area contributed by atoms with E-state index in [9.17, 15) is 14.0 Å². The number of halogens is 1. The molecule has 1 aliphatic carbocycles. The molecule has 53 heavy (non-hydrogen) atoms. The monoisotopic (exact) mass is 720 g/mol. The minimum atomic E-state index is -0.670. The zero-order valence-electron chi connectivity index (χ0n) is 31.1. The molecule has 4 aliphatic heterocycles. The molecule has 0 radical (unpaired) electrons. The molecule has 4 aromatic rings. The minimum Gasteiger partial charge on any atom is -0.381 e. The number of hydrogen-bond acceptors (Lipinski definition) is 8. The molecule has 2 amide bonds. The number of nitrogens with zero attached hydrogens (tertiary/aromatic N) is 7. The Bertz CT molecular complexity index is 2080. The van der Waals surface area contributed by atoms with Gasteiger partial charge in [0.2, 0.25) is 11.8 Å². The van der Waals surface area contributed by atoms with E-state index in [4.69, 9.17) is 14.7 Å². The normalized spacial score (nSPS) is 25.1. The summed E-state index contributed by atoms with van der Waals surface area (Å²) >= 11 is 0. The van der Waals surface area contributed by atoms with E-state index in [0.29, 0.717) is 62.1 Å². The van der Waals surface area contributed by atoms with Crippen molar-refractivity contribution in [3.63, 3.8) is 0 Å². The first kappa shape index (κ1) is 34.4. The van der Waals surface area contributed by atoms with Crippen LogP contribution >= 0.6 is 0 Å². The molecule has 1 atom stereocenters. The molecule has 1 N–H and O–H groups in total. The van der Waals surface area contributed by atoms with E-state index in [2.05, 4.69) is 66.0 Å². The Kier molecular flexibility index (Phi) is 8.34. The lowest BCUT2D eigenvalue weighted by atomic mass is 9.73. The van der Waals surface area contributed by atoms with Crippen LogP contribution in [0.3, 0.4) is 0 Å². The number of aromatic nitrogens is 4. The maximum Gasteiger partial charge on any atom is 0.238 e. The summed E-state index contributed by atoms with van der Waals surface area (Å²) < 4.78 is 22.4. The Balaban J connectivity index is 1.08. The number of ether oxygens (including phenoxy) is 1. The number of piperidine rings is 1. The van der Waals surface area contributed by atoms with Gasteiger partial charge in [0, 0.05) is 61.8 Å². The predicted molar refractivity (Wildman–Crippen MR) is 202 cm³/mol. The quantitative estimate of drug-likeness (QED) is 0.232. The summed E-state index contributed by atoms with van der Waals surface area (Å²) in [5, 5.41) is 3.23. The van der Waals surface area contributed by atoms with Gasteiger partial charge < -0.3 is 24.4 Å². The van der Waals surface area contributed by atoms with Crippen molar-refractivity contribution in [1.29, 1.82) is 0 Å². The fourth-order valence-electron chi connectivity index (χ4n) is 9.52. The maximum absolute atomic E-state index is 14.9. The third kappa shape index (κ3) is 5.80. The molecule has 3 aromatic heterocycles. The lowest BCUT2D eigenvalue weighted by Crippen LogP contribution is -2.58. The number of amides is 2. The summed E-state index contributed by atoms with van der Waals surface area (Å²) in [4.78, 5) is 48.7. The SMILES string of the molecule is CC(C)n1cnc2cc(-c3ccc4c(c3)N([C@H]3C[C@@H](N5CCC(C)(C)C5)C3)C(=O)C43CCN(C(=O)[C@@H]4CCOC4)CC3)nc(Nc3ccncc3F)c21. The van der Waals surface area contributed by atoms with Gasteiger partial charge in [-0.1, -0.05) is 26.0 Å². The number of carbonyl (C=O) groups excluding carboxylic acids is 2. The van der Waals surface area contributed by atoms with Crippen LogP contribution in [0.4, 0.5) is 21.6 Å². The summed E-state index contributed by atoms with van der Waals surface area (Å²) in [6.45, 7) is 13.3. The molecular formula is C41H49FN8O3. The Morgan fingerprint density at radius 3 is 2.57 bits per heavy atom. The van der Waals surface area contributed by atoms with E-state index in [1.54, 1.807) is 18.6 Å². The average molecular weight is 721 g/mol. The zero-order valence-corrected chi connectivity index (χ0v) is 31.1. The molecule has 3 saturated heterocycles. The first-order valence-corrected chi connectivity index (χ1v) is 19.3. The molecule has 7 heterocycles. The van der Waals surface area contributed by atoms with Crippen molar-refractivity contribution in [2.75, 3.05) is 49.6 Å². The van der Waals surface area contributed by atoms with Crippen molar-refractivity contribution in [3.05, 3.63) is 60.4 Å². The van der Waals surface area contributed by atoms with E-state index in [0.717, 1.165) is 60.2 Å². The highest BCUT2D eigenvalue weighted by Crippen LogP contribution is 2.52. The Morgan fingerprint density at radius 1 is 1.06 bits per heavy atom. The van der Waals surface area contributed by atoms with Crippen LogP contribution in [-0.2, 0) is 19.7 Å². The highest BCUT2D eigenvalue weighted by Gasteiger charge is 2.56. The average Bonchev–Trinajstić information content (AvgIpc) is 3.93. The third-order valence-electron chi connectivity index (χ3n) is 12.7. The molecule has 5 aliphatic rings. The lowest BCUT2D eigenvalue weighted by molar-refractivity contribution is -0.139. The lowest BCUT2D eigenvalue weighted by Gasteiger charge is -2.46. The van der Waals surface area contributed by atoms with Crippen molar-refractivity contribution in [2.45, 2.75) is 89.8 Å². The number of nitrogens with one attached hydrogen (secondary N) is 1. The fourth-order valence-corrected chi connectivity index (χ4v) is 9.52. The van der Waals surface area contributed by atoms with Crippen LogP contribution in [-0.4, -0.2) is 92.6 Å². The predicted octanol–water partition coefficient (Wildman–Crippen LogP) is 6.46. The second kappa shape index (κ2) is 12.9. The molecule has 9 rings (SSSR count). The van der Waals surface area contributed by atoms with Crippen LogP contribution in [0.2, 0.25) is 0 Å². The molecule has 1 aromatic carbocycles. The van der Waals surface area contributed by atoms with Gasteiger partial charge >= 0.3 is 0 Å². The molecule has 1 saturated carbocycles. The highest BCUT2D eigenvalue weighted by molar-refractivity contribution is 6.09. The summed E-state index contributed by atoms with van der Waals surface area (Å²) in [7, 11) is 0. The molecule has 1 spiro atoms. The standard InChI is InChI=1S/C41H49FN8O3/c1-25(2)49-24-44-34-20-33(46-37(36(34)49)45-32-7-12-43-21-31(32)42)26-5-6-30-35(17-26)50(29-18-28(19-29)48-13-9-40(3,4)23-48)39(52)41(30)10-14-47(15-11-41)38(51)27-8-16-53-22-27/h5-7,12,17,20-21,24-25,27-29H,8-11,13-16,18-19,22-23H2,1-4H3,(H,43,45,46)/t27-,28-,29+/m1/s1. The minimum absolute atomic E-state index is 0.0802. The zero-order chi connectivity index (χ0) is 36.6. The summed E-state index contributed by atoms with van der Waals surface area (Å²) in [5.41, 5.74) is 5.01. The third-order valence-corrected chi connectivity index (χ3v) is 12.7. The highest BCUT2D eigenvalue weighted by atomic mass is 19.1. The van der Waals surface area contributed by atoms with Crippen molar-refractivity contribution in [2.24, 2.45) is 11.3 Å². The van der Waals surface area contributed by atoms with Gasteiger partial charge in [0.05, 0.1) is 47.4 Å². The van der Waals surface area contributed by atoms with E-state index in [1.165, 1.54) is 12.6 Å². The van der Waals surface area contributed by atoms with Crippen LogP contribution < -0.4 is 10.2 Å². The van der Waals surface area contributed by atoms with Crippen LogP contribution in [0.25, 0.3) is 22.3 Å². The number of imidazole rings is 1. The number of carbonyl (C=O) groups is 2. The summed E-state index contributed by atoms with van der Waals surface area (Å²) in [6.07, 6.45) is 9.62. The molecule has 0 bridgehead atoms. The van der Waals surface area contributed by atoms with Crippen LogP contribution in [0.15, 0.2) is 49.1 Å². The largest absolute Gasteiger partial charge is 0.381 e. The van der Waals surface area contributed by atoms with Crippen LogP contribution in [0, 0.1) is 17.2 Å². The topological polar surface area (TPSA) is 109 Å². The van der Waals surface area contributed by atoms with Gasteiger partial charge in [0.15, 0.2) is 11.6 Å².